The zero-order valence-corrected chi connectivity index (χ0v) is 12.4. The van der Waals surface area contributed by atoms with E-state index in [0.717, 1.165) is 27.9 Å². The van der Waals surface area contributed by atoms with E-state index in [1.54, 1.807) is 17.4 Å². The molecule has 1 fully saturated rings. The van der Waals surface area contributed by atoms with E-state index in [2.05, 4.69) is 5.32 Å². The van der Waals surface area contributed by atoms with Crippen molar-refractivity contribution in [2.45, 2.75) is 38.5 Å². The summed E-state index contributed by atoms with van der Waals surface area (Å²) < 4.78 is 38.5. The van der Waals surface area contributed by atoms with Gasteiger partial charge in [0, 0.05) is 22.3 Å². The molecule has 1 heterocycles. The summed E-state index contributed by atoms with van der Waals surface area (Å²) in [6.07, 6.45) is -1.84. The van der Waals surface area contributed by atoms with Gasteiger partial charge in [-0.2, -0.15) is 13.2 Å². The SMILES string of the molecule is Cc1ccc(C(F)(F)F)cc1-c1ccc(CNC2CC2)s1. The first-order valence-electron chi connectivity index (χ1n) is 6.94. The van der Waals surface area contributed by atoms with E-state index in [4.69, 9.17) is 0 Å². The number of hydrogen-bond donors (Lipinski definition) is 1. The van der Waals surface area contributed by atoms with Crippen LogP contribution in [0, 0.1) is 6.92 Å². The lowest BCUT2D eigenvalue weighted by Crippen LogP contribution is -2.14. The minimum absolute atomic E-state index is 0.589. The number of halogens is 3. The van der Waals surface area contributed by atoms with Crippen LogP contribution in [0.1, 0.15) is 28.8 Å². The Hall–Kier alpha value is -1.33. The summed E-state index contributed by atoms with van der Waals surface area (Å²) in [6, 6.07) is 8.47. The van der Waals surface area contributed by atoms with Gasteiger partial charge in [-0.25, -0.2) is 0 Å². The first-order valence-corrected chi connectivity index (χ1v) is 7.75. The van der Waals surface area contributed by atoms with Crippen LogP contribution in [0.15, 0.2) is 30.3 Å². The monoisotopic (exact) mass is 311 g/mol. The Bertz CT molecular complexity index is 641. The molecule has 0 amide bonds. The molecule has 3 rings (SSSR count). The third-order valence-electron chi connectivity index (χ3n) is 3.63. The van der Waals surface area contributed by atoms with E-state index in [1.807, 2.05) is 19.1 Å². The maximum atomic E-state index is 12.8. The lowest BCUT2D eigenvalue weighted by molar-refractivity contribution is -0.137. The van der Waals surface area contributed by atoms with Gasteiger partial charge in [-0.3, -0.25) is 0 Å². The molecule has 1 saturated carbocycles. The molecule has 0 bridgehead atoms. The van der Waals surface area contributed by atoms with E-state index in [9.17, 15) is 13.2 Å². The quantitative estimate of drug-likeness (QED) is 0.838. The van der Waals surface area contributed by atoms with E-state index in [0.29, 0.717) is 11.6 Å². The molecule has 1 aliphatic rings. The molecule has 0 spiro atoms. The van der Waals surface area contributed by atoms with Crippen LogP contribution < -0.4 is 5.32 Å². The van der Waals surface area contributed by atoms with Gasteiger partial charge in [0.1, 0.15) is 0 Å². The molecule has 21 heavy (non-hydrogen) atoms. The lowest BCUT2D eigenvalue weighted by atomic mass is 10.0. The Morgan fingerprint density at radius 3 is 2.62 bits per heavy atom. The number of rotatable bonds is 4. The van der Waals surface area contributed by atoms with Gasteiger partial charge in [0.05, 0.1) is 5.56 Å². The fourth-order valence-corrected chi connectivity index (χ4v) is 3.25. The van der Waals surface area contributed by atoms with Crippen LogP contribution in [0.3, 0.4) is 0 Å². The Kier molecular flexibility index (Phi) is 3.80. The van der Waals surface area contributed by atoms with Crippen LogP contribution in [-0.4, -0.2) is 6.04 Å². The molecule has 1 N–H and O–H groups in total. The maximum Gasteiger partial charge on any atom is 0.416 e. The van der Waals surface area contributed by atoms with Gasteiger partial charge in [0.25, 0.3) is 0 Å². The van der Waals surface area contributed by atoms with Crippen molar-refractivity contribution in [3.8, 4) is 10.4 Å². The Labute approximate surface area is 125 Å². The second kappa shape index (κ2) is 5.46. The number of thiophene rings is 1. The van der Waals surface area contributed by atoms with Crippen molar-refractivity contribution in [2.24, 2.45) is 0 Å². The van der Waals surface area contributed by atoms with E-state index < -0.39 is 11.7 Å². The van der Waals surface area contributed by atoms with E-state index in [1.165, 1.54) is 18.9 Å². The van der Waals surface area contributed by atoms with Crippen LogP contribution in [0.5, 0.6) is 0 Å². The summed E-state index contributed by atoms with van der Waals surface area (Å²) in [5.74, 6) is 0. The first kappa shape index (κ1) is 14.6. The van der Waals surface area contributed by atoms with Gasteiger partial charge >= 0.3 is 6.18 Å². The number of hydrogen-bond acceptors (Lipinski definition) is 2. The predicted octanol–water partition coefficient (Wildman–Crippen LogP) is 4.99. The van der Waals surface area contributed by atoms with Crippen molar-refractivity contribution < 1.29 is 13.2 Å². The van der Waals surface area contributed by atoms with Crippen molar-refractivity contribution in [2.75, 3.05) is 0 Å². The van der Waals surface area contributed by atoms with Crippen molar-refractivity contribution in [1.82, 2.24) is 5.32 Å². The Morgan fingerprint density at radius 2 is 1.95 bits per heavy atom. The molecule has 0 atom stereocenters. The van der Waals surface area contributed by atoms with Crippen LogP contribution in [0.2, 0.25) is 0 Å². The van der Waals surface area contributed by atoms with Gasteiger partial charge in [-0.05, 0) is 55.2 Å². The minimum atomic E-state index is -4.30. The summed E-state index contributed by atoms with van der Waals surface area (Å²) in [4.78, 5) is 2.06. The van der Waals surface area contributed by atoms with Crippen LogP contribution in [0.25, 0.3) is 10.4 Å². The van der Waals surface area contributed by atoms with Crippen molar-refractivity contribution in [3.05, 3.63) is 46.3 Å². The molecule has 0 radical (unpaired) electrons. The molecule has 0 aliphatic heterocycles. The summed E-state index contributed by atoms with van der Waals surface area (Å²) in [6.45, 7) is 2.64. The number of aryl methyl sites for hydroxylation is 1. The highest BCUT2D eigenvalue weighted by atomic mass is 32.1. The fraction of sp³-hybridized carbons (Fsp3) is 0.375. The molecule has 0 saturated heterocycles. The molecule has 1 aromatic carbocycles. The Morgan fingerprint density at radius 1 is 1.19 bits per heavy atom. The second-order valence-electron chi connectivity index (χ2n) is 5.45. The highest BCUT2D eigenvalue weighted by Crippen LogP contribution is 2.36. The fourth-order valence-electron chi connectivity index (χ4n) is 2.21. The highest BCUT2D eigenvalue weighted by Gasteiger charge is 2.31. The third kappa shape index (κ3) is 3.47. The predicted molar refractivity (Wildman–Crippen MR) is 79.4 cm³/mol. The molecule has 5 heteroatoms. The summed E-state index contributed by atoms with van der Waals surface area (Å²) in [5.41, 5.74) is 0.952. The first-order chi connectivity index (χ1) is 9.93. The maximum absolute atomic E-state index is 12.8. The Balaban J connectivity index is 1.84. The topological polar surface area (TPSA) is 12.0 Å². The number of benzene rings is 1. The molecule has 1 aliphatic carbocycles. The molecule has 1 aromatic heterocycles. The van der Waals surface area contributed by atoms with Gasteiger partial charge in [0.2, 0.25) is 0 Å². The molecule has 0 unspecified atom stereocenters. The standard InChI is InChI=1S/C16H16F3NS/c1-10-2-3-11(16(17,18)19)8-14(10)15-7-6-13(21-15)9-20-12-4-5-12/h2-3,6-8,12,20H,4-5,9H2,1H3. The lowest BCUT2D eigenvalue weighted by Gasteiger charge is -2.10. The third-order valence-corrected chi connectivity index (χ3v) is 4.75. The average Bonchev–Trinajstić information content (AvgIpc) is 3.13. The second-order valence-corrected chi connectivity index (χ2v) is 6.62. The largest absolute Gasteiger partial charge is 0.416 e. The van der Waals surface area contributed by atoms with Gasteiger partial charge in [-0.15, -0.1) is 11.3 Å². The van der Waals surface area contributed by atoms with Gasteiger partial charge < -0.3 is 5.32 Å². The number of alkyl halides is 3. The smallest absolute Gasteiger partial charge is 0.309 e. The number of nitrogens with one attached hydrogen (secondary N) is 1. The zero-order valence-electron chi connectivity index (χ0n) is 11.6. The summed E-state index contributed by atoms with van der Waals surface area (Å²) in [5, 5.41) is 3.42. The molecule has 1 nitrogen and oxygen atoms in total. The van der Waals surface area contributed by atoms with E-state index in [-0.39, 0.29) is 0 Å². The average molecular weight is 311 g/mol. The summed E-state index contributed by atoms with van der Waals surface area (Å²) >= 11 is 1.56. The molecular formula is C16H16F3NS. The highest BCUT2D eigenvalue weighted by molar-refractivity contribution is 7.15. The van der Waals surface area contributed by atoms with Crippen LogP contribution >= 0.6 is 11.3 Å². The van der Waals surface area contributed by atoms with Crippen molar-refractivity contribution in [3.63, 3.8) is 0 Å². The van der Waals surface area contributed by atoms with Crippen LogP contribution in [-0.2, 0) is 12.7 Å². The molecule has 112 valence electrons. The van der Waals surface area contributed by atoms with Crippen LogP contribution in [0.4, 0.5) is 13.2 Å². The van der Waals surface area contributed by atoms with Gasteiger partial charge in [-0.1, -0.05) is 6.07 Å². The summed E-state index contributed by atoms with van der Waals surface area (Å²) in [7, 11) is 0. The molecular weight excluding hydrogens is 295 g/mol. The van der Waals surface area contributed by atoms with Gasteiger partial charge in [0.15, 0.2) is 0 Å². The van der Waals surface area contributed by atoms with Crippen molar-refractivity contribution >= 4 is 11.3 Å². The van der Waals surface area contributed by atoms with Crippen molar-refractivity contribution in [1.29, 1.82) is 0 Å². The molecule has 2 aromatic rings. The minimum Gasteiger partial charge on any atom is -0.309 e. The normalized spacial score (nSPS) is 15.4. The van der Waals surface area contributed by atoms with E-state index >= 15 is 0 Å². The zero-order chi connectivity index (χ0) is 15.0.